The van der Waals surface area contributed by atoms with Gasteiger partial charge < -0.3 is 9.79 Å². The average molecular weight is 577 g/mol. The summed E-state index contributed by atoms with van der Waals surface area (Å²) in [5.41, 5.74) is 0.830. The van der Waals surface area contributed by atoms with Gasteiger partial charge in [-0.2, -0.15) is 0 Å². The Kier molecular flexibility index (Phi) is 6.98. The molecule has 0 unspecified atom stereocenters. The van der Waals surface area contributed by atoms with E-state index < -0.39 is 33.9 Å². The maximum Gasteiger partial charge on any atom is 0.345 e. The van der Waals surface area contributed by atoms with E-state index in [1.165, 1.54) is 40.7 Å². The lowest BCUT2D eigenvalue weighted by Gasteiger charge is -2.26. The third kappa shape index (κ3) is 5.36. The quantitative estimate of drug-likeness (QED) is 0.405. The van der Waals surface area contributed by atoms with Crippen LogP contribution < -0.4 is 8.61 Å². The molecule has 0 amide bonds. The first-order valence-corrected chi connectivity index (χ1v) is 15.5. The van der Waals surface area contributed by atoms with E-state index >= 15 is 0 Å². The summed E-state index contributed by atoms with van der Waals surface area (Å²) in [5, 5.41) is 0.0610. The van der Waals surface area contributed by atoms with E-state index in [4.69, 9.17) is 23.2 Å². The minimum absolute atomic E-state index is 0.0305. The van der Waals surface area contributed by atoms with Gasteiger partial charge in [0.05, 0.1) is 21.2 Å². The van der Waals surface area contributed by atoms with Crippen LogP contribution in [0.5, 0.6) is 0 Å². The van der Waals surface area contributed by atoms with Gasteiger partial charge in [-0.1, -0.05) is 41.4 Å². The highest BCUT2D eigenvalue weighted by atomic mass is 35.5. The molecule has 0 aromatic heterocycles. The summed E-state index contributed by atoms with van der Waals surface area (Å²) in [6.07, 6.45) is -0.855. The number of halogens is 2. The van der Waals surface area contributed by atoms with Gasteiger partial charge in [0.25, 0.3) is 20.0 Å². The van der Waals surface area contributed by atoms with E-state index in [0.29, 0.717) is 15.6 Å². The van der Waals surface area contributed by atoms with Crippen LogP contribution in [0.3, 0.4) is 0 Å². The molecule has 0 radical (unpaired) electrons. The Morgan fingerprint density at radius 2 is 1.51 bits per heavy atom. The Morgan fingerprint density at radius 3 is 2.11 bits per heavy atom. The number of hydrogen-bond acceptors (Lipinski definition) is 5. The van der Waals surface area contributed by atoms with Gasteiger partial charge in [0, 0.05) is 16.6 Å². The number of sulfonamides is 2. The number of anilines is 2. The minimum atomic E-state index is -4.85. The molecular formula is C21H19Cl2N2O7PS2. The largest absolute Gasteiger partial charge is 0.345 e. The molecule has 0 saturated carbocycles. The Morgan fingerprint density at radius 1 is 0.886 bits per heavy atom. The molecule has 14 heteroatoms. The maximum absolute atomic E-state index is 13.4. The second-order valence-electron chi connectivity index (χ2n) is 7.72. The first-order chi connectivity index (χ1) is 16.3. The van der Waals surface area contributed by atoms with Crippen LogP contribution in [-0.4, -0.2) is 39.5 Å². The van der Waals surface area contributed by atoms with Gasteiger partial charge >= 0.3 is 7.60 Å². The highest BCUT2D eigenvalue weighted by Crippen LogP contribution is 2.42. The van der Waals surface area contributed by atoms with Crippen molar-refractivity contribution in [3.8, 4) is 0 Å². The average Bonchev–Trinajstić information content (AvgIpc) is 3.21. The molecule has 0 aliphatic carbocycles. The van der Waals surface area contributed by atoms with Gasteiger partial charge in [0.15, 0.2) is 0 Å². The van der Waals surface area contributed by atoms with Gasteiger partial charge in [-0.05, 0) is 60.5 Å². The molecule has 0 atom stereocenters. The van der Waals surface area contributed by atoms with Crippen molar-refractivity contribution >= 4 is 62.2 Å². The second-order valence-corrected chi connectivity index (χ2v) is 13.9. The van der Waals surface area contributed by atoms with Gasteiger partial charge in [-0.15, -0.1) is 0 Å². The molecule has 9 nitrogen and oxygen atoms in total. The van der Waals surface area contributed by atoms with Crippen LogP contribution in [0, 0.1) is 0 Å². The first kappa shape index (κ1) is 26.0. The van der Waals surface area contributed by atoms with Crippen molar-refractivity contribution in [2.45, 2.75) is 16.2 Å². The minimum Gasteiger partial charge on any atom is -0.323 e. The number of fused-ring (bicyclic) bond motifs is 1. The van der Waals surface area contributed by atoms with Gasteiger partial charge in [-0.3, -0.25) is 13.2 Å². The van der Waals surface area contributed by atoms with Crippen molar-refractivity contribution in [1.29, 1.82) is 0 Å². The fourth-order valence-electron chi connectivity index (χ4n) is 3.75. The first-order valence-electron chi connectivity index (χ1n) is 10.0. The normalized spacial score (nSPS) is 14.1. The Balaban J connectivity index is 1.78. The summed E-state index contributed by atoms with van der Waals surface area (Å²) in [7, 11) is -13.2. The van der Waals surface area contributed by atoms with E-state index in [-0.39, 0.29) is 38.5 Å². The molecule has 1 aliphatic rings. The summed E-state index contributed by atoms with van der Waals surface area (Å²) in [5.74, 6) is 0. The molecule has 1 aliphatic heterocycles. The molecule has 35 heavy (non-hydrogen) atoms. The lowest BCUT2D eigenvalue weighted by Crippen LogP contribution is -2.32. The highest BCUT2D eigenvalue weighted by Gasteiger charge is 2.35. The zero-order valence-electron chi connectivity index (χ0n) is 17.8. The molecule has 3 aromatic rings. The highest BCUT2D eigenvalue weighted by molar-refractivity contribution is 7.93. The zero-order valence-corrected chi connectivity index (χ0v) is 21.9. The molecule has 1 heterocycles. The molecule has 0 saturated heterocycles. The van der Waals surface area contributed by atoms with Crippen molar-refractivity contribution in [3.05, 3.63) is 82.3 Å². The molecule has 4 rings (SSSR count). The summed E-state index contributed by atoms with van der Waals surface area (Å²) in [6.45, 7) is 0.130. The van der Waals surface area contributed by atoms with Crippen molar-refractivity contribution < 1.29 is 31.2 Å². The third-order valence-electron chi connectivity index (χ3n) is 5.27. The van der Waals surface area contributed by atoms with E-state index in [9.17, 15) is 31.2 Å². The van der Waals surface area contributed by atoms with Gasteiger partial charge in [0.1, 0.15) is 6.29 Å². The molecule has 0 fully saturated rings. The Hall–Kier alpha value is -2.11. The topological polar surface area (TPSA) is 132 Å². The number of hydrogen-bond donors (Lipinski definition) is 2. The molecular weight excluding hydrogens is 558 g/mol. The smallest absolute Gasteiger partial charge is 0.323 e. The lowest BCUT2D eigenvalue weighted by molar-refractivity contribution is 0.373. The second kappa shape index (κ2) is 9.40. The van der Waals surface area contributed by atoms with Crippen LogP contribution in [0.15, 0.2) is 76.5 Å². The van der Waals surface area contributed by atoms with Crippen LogP contribution in [-0.2, 0) is 31.0 Å². The monoisotopic (exact) mass is 576 g/mol. The van der Waals surface area contributed by atoms with E-state index in [0.717, 1.165) is 12.1 Å². The third-order valence-corrected chi connectivity index (χ3v) is 10.1. The summed E-state index contributed by atoms with van der Waals surface area (Å²) in [4.78, 5) is 19.0. The number of rotatable bonds is 7. The van der Waals surface area contributed by atoms with Crippen molar-refractivity contribution in [2.24, 2.45) is 0 Å². The fraction of sp³-hybridized carbons (Fsp3) is 0.143. The van der Waals surface area contributed by atoms with Gasteiger partial charge in [-0.25, -0.2) is 16.8 Å². The number of benzene rings is 3. The zero-order chi connectivity index (χ0) is 25.6. The Bertz CT molecular complexity index is 1520. The van der Waals surface area contributed by atoms with E-state index in [2.05, 4.69) is 0 Å². The summed E-state index contributed by atoms with van der Waals surface area (Å²) in [6, 6.07) is 15.6. The molecule has 0 spiro atoms. The van der Waals surface area contributed by atoms with E-state index in [1.807, 2.05) is 0 Å². The van der Waals surface area contributed by atoms with Crippen molar-refractivity contribution in [1.82, 2.24) is 0 Å². The lowest BCUT2D eigenvalue weighted by atomic mass is 10.1. The summed E-state index contributed by atoms with van der Waals surface area (Å²) >= 11 is 11.9. The molecule has 186 valence electrons. The SMILES string of the molecule is O=P(O)(O)CN(c1ccc2c(c1)CCN2S(=O)(=O)c1ccccc1)S(=O)(=O)c1cc(Cl)cc(Cl)c1. The van der Waals surface area contributed by atoms with Gasteiger partial charge in [0.2, 0.25) is 0 Å². The van der Waals surface area contributed by atoms with Crippen LogP contribution in [0.1, 0.15) is 5.56 Å². The molecule has 0 bridgehead atoms. The summed E-state index contributed by atoms with van der Waals surface area (Å²) < 4.78 is 66.6. The van der Waals surface area contributed by atoms with E-state index in [1.54, 1.807) is 18.2 Å². The fourth-order valence-corrected chi connectivity index (χ4v) is 8.69. The molecule has 2 N–H and O–H groups in total. The predicted octanol–water partition coefficient (Wildman–Crippen LogP) is 4.08. The standard InChI is InChI=1S/C21H19Cl2N2O7PS2/c22-16-11-17(23)13-20(12-16)35(31,32)25(14-33(26,27)28)18-6-7-21-15(10-18)8-9-24(21)34(29,30)19-4-2-1-3-5-19/h1-7,10-13H,8-9,14H2,(H2,26,27,28). The van der Waals surface area contributed by atoms with Crippen LogP contribution in [0.2, 0.25) is 10.0 Å². The predicted molar refractivity (Wildman–Crippen MR) is 134 cm³/mol. The molecule has 3 aromatic carbocycles. The van der Waals surface area contributed by atoms with Crippen molar-refractivity contribution in [3.63, 3.8) is 0 Å². The van der Waals surface area contributed by atoms with Crippen LogP contribution in [0.25, 0.3) is 0 Å². The Labute approximate surface area is 212 Å². The van der Waals surface area contributed by atoms with Crippen LogP contribution in [0.4, 0.5) is 11.4 Å². The maximum atomic E-state index is 13.4. The van der Waals surface area contributed by atoms with Crippen LogP contribution >= 0.6 is 30.8 Å². The van der Waals surface area contributed by atoms with Crippen molar-refractivity contribution in [2.75, 3.05) is 21.4 Å². The number of nitrogens with zero attached hydrogens (tertiary/aromatic N) is 2.